The maximum Gasteiger partial charge on any atom is 0.239 e. The van der Waals surface area contributed by atoms with E-state index in [1.165, 1.54) is 0 Å². The van der Waals surface area contributed by atoms with E-state index in [0.717, 1.165) is 32.8 Å². The molecule has 1 heterocycles. The van der Waals surface area contributed by atoms with Crippen LogP contribution in [0.15, 0.2) is 0 Å². The van der Waals surface area contributed by atoms with Gasteiger partial charge in [0.1, 0.15) is 0 Å². The van der Waals surface area contributed by atoms with Crippen LogP contribution < -0.4 is 10.6 Å². The van der Waals surface area contributed by atoms with E-state index >= 15 is 0 Å². The number of hydrogen-bond acceptors (Lipinski definition) is 4. The number of nitrogens with one attached hydrogen (secondary N) is 2. The highest BCUT2D eigenvalue weighted by Gasteiger charge is 2.27. The van der Waals surface area contributed by atoms with Gasteiger partial charge in [-0.2, -0.15) is 0 Å². The Hall–Kier alpha value is -0.650. The molecule has 0 aromatic carbocycles. The molecule has 1 atom stereocenters. The number of nitrogens with zero attached hydrogens (tertiary/aromatic N) is 1. The average molecular weight is 257 g/mol. The lowest BCUT2D eigenvalue weighted by Gasteiger charge is -2.33. The van der Waals surface area contributed by atoms with E-state index in [0.29, 0.717) is 6.54 Å². The van der Waals surface area contributed by atoms with Crippen LogP contribution in [0.2, 0.25) is 0 Å². The maximum atomic E-state index is 12.0. The first kappa shape index (κ1) is 15.4. The number of hydrogen-bond donors (Lipinski definition) is 2. The molecule has 0 spiro atoms. The van der Waals surface area contributed by atoms with Gasteiger partial charge in [-0.25, -0.2) is 0 Å². The third-order valence-electron chi connectivity index (χ3n) is 3.35. The normalized spacial score (nSPS) is 21.9. The molecule has 106 valence electrons. The number of rotatable bonds is 6. The third-order valence-corrected chi connectivity index (χ3v) is 3.35. The van der Waals surface area contributed by atoms with Gasteiger partial charge in [-0.3, -0.25) is 9.69 Å². The number of carbonyl (C=O) groups is 1. The summed E-state index contributed by atoms with van der Waals surface area (Å²) < 4.78 is 5.66. The maximum absolute atomic E-state index is 12.0. The van der Waals surface area contributed by atoms with E-state index in [1.807, 2.05) is 20.8 Å². The molecule has 0 aromatic heterocycles. The largest absolute Gasteiger partial charge is 0.374 e. The number of likely N-dealkylation sites (N-methyl/N-ethyl adjacent to an activating group) is 2. The van der Waals surface area contributed by atoms with Gasteiger partial charge in [-0.1, -0.05) is 13.8 Å². The molecule has 0 aliphatic carbocycles. The van der Waals surface area contributed by atoms with E-state index in [9.17, 15) is 4.79 Å². The molecule has 1 rings (SSSR count). The molecule has 1 fully saturated rings. The van der Waals surface area contributed by atoms with Crippen LogP contribution in [0.5, 0.6) is 0 Å². The zero-order chi connectivity index (χ0) is 13.6. The van der Waals surface area contributed by atoms with Crippen molar-refractivity contribution >= 4 is 5.91 Å². The zero-order valence-electron chi connectivity index (χ0n) is 12.1. The quantitative estimate of drug-likeness (QED) is 0.714. The van der Waals surface area contributed by atoms with E-state index in [4.69, 9.17) is 4.74 Å². The molecule has 18 heavy (non-hydrogen) atoms. The van der Waals surface area contributed by atoms with Gasteiger partial charge in [-0.05, 0) is 26.9 Å². The molecule has 5 nitrogen and oxygen atoms in total. The van der Waals surface area contributed by atoms with Crippen molar-refractivity contribution in [3.8, 4) is 0 Å². The van der Waals surface area contributed by atoms with Crippen molar-refractivity contribution in [1.29, 1.82) is 0 Å². The van der Waals surface area contributed by atoms with Crippen molar-refractivity contribution in [2.75, 3.05) is 39.3 Å². The predicted octanol–water partition coefficient (Wildman–Crippen LogP) is 0.211. The van der Waals surface area contributed by atoms with Crippen molar-refractivity contribution in [3.05, 3.63) is 0 Å². The van der Waals surface area contributed by atoms with Gasteiger partial charge in [0.25, 0.3) is 0 Å². The molecule has 0 radical (unpaired) electrons. The summed E-state index contributed by atoms with van der Waals surface area (Å²) in [6.07, 6.45) is 0.111. The van der Waals surface area contributed by atoms with Crippen molar-refractivity contribution in [2.45, 2.75) is 39.3 Å². The molecule has 1 saturated heterocycles. The van der Waals surface area contributed by atoms with Gasteiger partial charge in [0.15, 0.2) is 0 Å². The van der Waals surface area contributed by atoms with E-state index in [-0.39, 0.29) is 12.0 Å². The molecule has 1 amide bonds. The minimum atomic E-state index is -0.520. The Kier molecular flexibility index (Phi) is 6.05. The van der Waals surface area contributed by atoms with Gasteiger partial charge in [0, 0.05) is 19.6 Å². The summed E-state index contributed by atoms with van der Waals surface area (Å²) in [7, 11) is 0. The Labute approximate surface area is 110 Å². The van der Waals surface area contributed by atoms with Crippen molar-refractivity contribution in [2.24, 2.45) is 0 Å². The van der Waals surface area contributed by atoms with Crippen LogP contribution in [0.1, 0.15) is 27.7 Å². The monoisotopic (exact) mass is 257 g/mol. The van der Waals surface area contributed by atoms with E-state index in [1.54, 1.807) is 0 Å². The van der Waals surface area contributed by atoms with Crippen molar-refractivity contribution in [1.82, 2.24) is 15.5 Å². The third kappa shape index (κ3) is 4.55. The second-order valence-electron chi connectivity index (χ2n) is 5.25. The first-order valence-electron chi connectivity index (χ1n) is 6.87. The second-order valence-corrected chi connectivity index (χ2v) is 5.25. The minimum Gasteiger partial charge on any atom is -0.374 e. The number of amides is 1. The SMILES string of the molecule is CCNC(C)(C)C(=O)NCC1CN(CC)CCO1. The smallest absolute Gasteiger partial charge is 0.239 e. The molecular weight excluding hydrogens is 230 g/mol. The first-order chi connectivity index (χ1) is 8.49. The standard InChI is InChI=1S/C13H27N3O2/c1-5-15-13(3,4)12(17)14-9-11-10-16(6-2)7-8-18-11/h11,15H,5-10H2,1-4H3,(H,14,17). The van der Waals surface area contributed by atoms with Crippen LogP contribution in [0, 0.1) is 0 Å². The molecule has 1 aliphatic heterocycles. The number of morpholine rings is 1. The van der Waals surface area contributed by atoms with E-state index < -0.39 is 5.54 Å². The highest BCUT2D eigenvalue weighted by Crippen LogP contribution is 2.05. The van der Waals surface area contributed by atoms with Crippen LogP contribution in [0.3, 0.4) is 0 Å². The molecular formula is C13H27N3O2. The summed E-state index contributed by atoms with van der Waals surface area (Å²) >= 11 is 0. The predicted molar refractivity (Wildman–Crippen MR) is 72.6 cm³/mol. The summed E-state index contributed by atoms with van der Waals surface area (Å²) in [5, 5.41) is 6.14. The first-order valence-corrected chi connectivity index (χ1v) is 6.87. The Bertz CT molecular complexity index is 269. The summed E-state index contributed by atoms with van der Waals surface area (Å²) in [5.74, 6) is 0.0292. The fraction of sp³-hybridized carbons (Fsp3) is 0.923. The fourth-order valence-electron chi connectivity index (χ4n) is 2.14. The van der Waals surface area contributed by atoms with Crippen molar-refractivity contribution in [3.63, 3.8) is 0 Å². The molecule has 1 aliphatic rings. The van der Waals surface area contributed by atoms with Gasteiger partial charge in [0.05, 0.1) is 18.2 Å². The second kappa shape index (κ2) is 7.07. The van der Waals surface area contributed by atoms with Gasteiger partial charge in [0.2, 0.25) is 5.91 Å². The topological polar surface area (TPSA) is 53.6 Å². The minimum absolute atomic E-state index is 0.0292. The lowest BCUT2D eigenvalue weighted by Crippen LogP contribution is -2.55. The summed E-state index contributed by atoms with van der Waals surface area (Å²) in [6, 6.07) is 0. The molecule has 0 bridgehead atoms. The molecule has 1 unspecified atom stereocenters. The molecule has 0 saturated carbocycles. The Balaban J connectivity index is 2.33. The summed E-state index contributed by atoms with van der Waals surface area (Å²) in [5.41, 5.74) is -0.520. The molecule has 5 heteroatoms. The van der Waals surface area contributed by atoms with Crippen molar-refractivity contribution < 1.29 is 9.53 Å². The Morgan fingerprint density at radius 3 is 2.78 bits per heavy atom. The number of ether oxygens (including phenoxy) is 1. The zero-order valence-corrected chi connectivity index (χ0v) is 12.1. The average Bonchev–Trinajstić information content (AvgIpc) is 2.36. The van der Waals surface area contributed by atoms with Crippen LogP contribution in [0.25, 0.3) is 0 Å². The van der Waals surface area contributed by atoms with Gasteiger partial charge in [-0.15, -0.1) is 0 Å². The van der Waals surface area contributed by atoms with E-state index in [2.05, 4.69) is 22.5 Å². The van der Waals surface area contributed by atoms with Gasteiger partial charge < -0.3 is 15.4 Å². The lowest BCUT2D eigenvalue weighted by molar-refractivity contribution is -0.127. The number of carbonyl (C=O) groups excluding carboxylic acids is 1. The molecule has 0 aromatic rings. The summed E-state index contributed by atoms with van der Waals surface area (Å²) in [6.45, 7) is 13.0. The lowest BCUT2D eigenvalue weighted by atomic mass is 10.0. The fourth-order valence-corrected chi connectivity index (χ4v) is 2.14. The molecule has 2 N–H and O–H groups in total. The highest BCUT2D eigenvalue weighted by molar-refractivity contribution is 5.85. The summed E-state index contributed by atoms with van der Waals surface area (Å²) in [4.78, 5) is 14.3. The highest BCUT2D eigenvalue weighted by atomic mass is 16.5. The van der Waals surface area contributed by atoms with Crippen LogP contribution in [-0.2, 0) is 9.53 Å². The van der Waals surface area contributed by atoms with Gasteiger partial charge >= 0.3 is 0 Å². The van der Waals surface area contributed by atoms with Crippen LogP contribution in [0.4, 0.5) is 0 Å². The van der Waals surface area contributed by atoms with Crippen LogP contribution >= 0.6 is 0 Å². The Morgan fingerprint density at radius 2 is 2.17 bits per heavy atom. The Morgan fingerprint density at radius 1 is 1.44 bits per heavy atom. The van der Waals surface area contributed by atoms with Crippen LogP contribution in [-0.4, -0.2) is 61.8 Å².